The van der Waals surface area contributed by atoms with Crippen molar-refractivity contribution >= 4 is 5.97 Å². The maximum atomic E-state index is 11.9. The third-order valence-electron chi connectivity index (χ3n) is 3.39. The van der Waals surface area contributed by atoms with Crippen molar-refractivity contribution in [1.82, 2.24) is 5.32 Å². The summed E-state index contributed by atoms with van der Waals surface area (Å²) in [7, 11) is 1.44. The normalized spacial score (nSPS) is 15.9. The van der Waals surface area contributed by atoms with Gasteiger partial charge in [0.2, 0.25) is 0 Å². The minimum Gasteiger partial charge on any atom is -0.468 e. The molecule has 20 heavy (non-hydrogen) atoms. The van der Waals surface area contributed by atoms with E-state index >= 15 is 0 Å². The van der Waals surface area contributed by atoms with Crippen LogP contribution < -0.4 is 5.32 Å². The van der Waals surface area contributed by atoms with E-state index in [1.165, 1.54) is 20.0 Å². The molecule has 0 aromatic carbocycles. The lowest BCUT2D eigenvalue weighted by molar-refractivity contribution is -0.148. The highest BCUT2D eigenvalue weighted by Gasteiger charge is 2.34. The maximum Gasteiger partial charge on any atom is 0.325 e. The summed E-state index contributed by atoms with van der Waals surface area (Å²) in [6, 6.07) is 0.240. The van der Waals surface area contributed by atoms with Crippen molar-refractivity contribution in [2.24, 2.45) is 5.92 Å². The predicted molar refractivity (Wildman–Crippen MR) is 82.8 cm³/mol. The van der Waals surface area contributed by atoms with Crippen molar-refractivity contribution in [2.45, 2.75) is 71.9 Å². The third kappa shape index (κ3) is 7.85. The van der Waals surface area contributed by atoms with Crippen LogP contribution in [0.2, 0.25) is 0 Å². The number of hydrogen-bond donors (Lipinski definition) is 1. The first kappa shape index (κ1) is 19.4. The molecule has 0 saturated carbocycles. The van der Waals surface area contributed by atoms with E-state index in [1.807, 2.05) is 20.8 Å². The van der Waals surface area contributed by atoms with Gasteiger partial charge in [-0.25, -0.2) is 0 Å². The van der Waals surface area contributed by atoms with Gasteiger partial charge in [0.05, 0.1) is 7.11 Å². The molecule has 4 heteroatoms. The van der Waals surface area contributed by atoms with E-state index in [9.17, 15) is 4.79 Å². The molecule has 0 amide bonds. The molecule has 0 saturated heterocycles. The van der Waals surface area contributed by atoms with Gasteiger partial charge in [-0.1, -0.05) is 20.3 Å². The molecule has 2 atom stereocenters. The van der Waals surface area contributed by atoms with Crippen LogP contribution in [0, 0.1) is 5.92 Å². The number of ether oxygens (including phenoxy) is 2. The van der Waals surface area contributed by atoms with Crippen LogP contribution in [0.4, 0.5) is 0 Å². The van der Waals surface area contributed by atoms with E-state index in [2.05, 4.69) is 19.2 Å². The molecule has 0 spiro atoms. The number of rotatable bonds is 11. The Kier molecular flexibility index (Phi) is 9.86. The Morgan fingerprint density at radius 1 is 1.30 bits per heavy atom. The minimum absolute atomic E-state index is 0.203. The van der Waals surface area contributed by atoms with Crippen LogP contribution in [-0.2, 0) is 14.3 Å². The zero-order chi connectivity index (χ0) is 15.6. The summed E-state index contributed by atoms with van der Waals surface area (Å²) in [5.41, 5.74) is -0.624. The number of nitrogens with one attached hydrogen (secondary N) is 1. The number of carbonyl (C=O) groups is 1. The Morgan fingerprint density at radius 3 is 2.45 bits per heavy atom. The van der Waals surface area contributed by atoms with Gasteiger partial charge < -0.3 is 9.47 Å². The van der Waals surface area contributed by atoms with Gasteiger partial charge in [-0.15, -0.1) is 0 Å². The van der Waals surface area contributed by atoms with Crippen LogP contribution in [0.15, 0.2) is 0 Å². The van der Waals surface area contributed by atoms with E-state index < -0.39 is 5.54 Å². The van der Waals surface area contributed by atoms with Crippen molar-refractivity contribution in [3.63, 3.8) is 0 Å². The molecule has 0 rings (SSSR count). The van der Waals surface area contributed by atoms with Gasteiger partial charge in [0.25, 0.3) is 0 Å². The monoisotopic (exact) mass is 287 g/mol. The molecule has 0 aromatic heterocycles. The van der Waals surface area contributed by atoms with Gasteiger partial charge in [-0.2, -0.15) is 0 Å². The summed E-state index contributed by atoms with van der Waals surface area (Å²) in [6.45, 7) is 11.9. The summed E-state index contributed by atoms with van der Waals surface area (Å²) in [5.74, 6) is 0.409. The first-order chi connectivity index (χ1) is 9.35. The molecule has 120 valence electrons. The Labute approximate surface area is 124 Å². The molecule has 0 radical (unpaired) electrons. The Bertz CT molecular complexity index is 268. The zero-order valence-electron chi connectivity index (χ0n) is 14.1. The number of carbonyl (C=O) groups excluding carboxylic acids is 1. The lowest BCUT2D eigenvalue weighted by Gasteiger charge is -2.30. The minimum atomic E-state index is -0.624. The quantitative estimate of drug-likeness (QED) is 0.468. The second-order valence-electron chi connectivity index (χ2n) is 6.20. The zero-order valence-corrected chi connectivity index (χ0v) is 14.1. The van der Waals surface area contributed by atoms with E-state index in [-0.39, 0.29) is 12.0 Å². The molecule has 0 fully saturated rings. The first-order valence-corrected chi connectivity index (χ1v) is 7.79. The Hall–Kier alpha value is -0.610. The lowest BCUT2D eigenvalue weighted by atomic mass is 9.95. The molecule has 4 nitrogen and oxygen atoms in total. The van der Waals surface area contributed by atoms with Crippen molar-refractivity contribution < 1.29 is 14.3 Å². The fraction of sp³-hybridized carbons (Fsp3) is 0.938. The molecule has 0 aliphatic carbocycles. The van der Waals surface area contributed by atoms with E-state index in [1.54, 1.807) is 0 Å². The van der Waals surface area contributed by atoms with Gasteiger partial charge in [0.15, 0.2) is 0 Å². The standard InChI is InChI=1S/C16H33NO3/c1-7-9-14(4)12-20-11-8-10-16(5,15(18)19-6)17-13(2)3/h13-14,17H,7-12H2,1-6H3. The molecular weight excluding hydrogens is 254 g/mol. The van der Waals surface area contributed by atoms with Crippen molar-refractivity contribution in [2.75, 3.05) is 20.3 Å². The molecule has 2 unspecified atom stereocenters. The lowest BCUT2D eigenvalue weighted by Crippen LogP contribution is -2.53. The molecule has 0 aromatic rings. The second kappa shape index (κ2) is 10.2. The van der Waals surface area contributed by atoms with Crippen LogP contribution in [0.1, 0.15) is 60.3 Å². The number of esters is 1. The highest BCUT2D eigenvalue weighted by Crippen LogP contribution is 2.16. The average molecular weight is 287 g/mol. The van der Waals surface area contributed by atoms with Crippen LogP contribution in [0.5, 0.6) is 0 Å². The van der Waals surface area contributed by atoms with Gasteiger partial charge in [0.1, 0.15) is 5.54 Å². The smallest absolute Gasteiger partial charge is 0.325 e. The van der Waals surface area contributed by atoms with Crippen molar-refractivity contribution in [3.05, 3.63) is 0 Å². The fourth-order valence-electron chi connectivity index (χ4n) is 2.48. The van der Waals surface area contributed by atoms with Gasteiger partial charge in [-0.05, 0) is 46.0 Å². The first-order valence-electron chi connectivity index (χ1n) is 7.79. The van der Waals surface area contributed by atoms with Crippen LogP contribution >= 0.6 is 0 Å². The third-order valence-corrected chi connectivity index (χ3v) is 3.39. The van der Waals surface area contributed by atoms with Crippen LogP contribution in [0.3, 0.4) is 0 Å². The highest BCUT2D eigenvalue weighted by molar-refractivity contribution is 5.80. The van der Waals surface area contributed by atoms with Crippen molar-refractivity contribution in [1.29, 1.82) is 0 Å². The summed E-state index contributed by atoms with van der Waals surface area (Å²) in [6.07, 6.45) is 3.97. The maximum absolute atomic E-state index is 11.9. The van der Waals surface area contributed by atoms with E-state index in [0.717, 1.165) is 19.4 Å². The predicted octanol–water partition coefficient (Wildman–Crippen LogP) is 3.15. The Morgan fingerprint density at radius 2 is 1.95 bits per heavy atom. The molecule has 0 aliphatic heterocycles. The van der Waals surface area contributed by atoms with Crippen LogP contribution in [-0.4, -0.2) is 37.9 Å². The molecule has 0 aliphatic rings. The number of hydrogen-bond acceptors (Lipinski definition) is 4. The Balaban J connectivity index is 4.06. The highest BCUT2D eigenvalue weighted by atomic mass is 16.5. The fourth-order valence-corrected chi connectivity index (χ4v) is 2.48. The molecule has 0 heterocycles. The molecule has 0 bridgehead atoms. The van der Waals surface area contributed by atoms with Crippen molar-refractivity contribution in [3.8, 4) is 0 Å². The summed E-state index contributed by atoms with van der Waals surface area (Å²) in [4.78, 5) is 11.9. The van der Waals surface area contributed by atoms with Crippen LogP contribution in [0.25, 0.3) is 0 Å². The molecular formula is C16H33NO3. The van der Waals surface area contributed by atoms with E-state index in [0.29, 0.717) is 12.5 Å². The summed E-state index contributed by atoms with van der Waals surface area (Å²) < 4.78 is 10.6. The second-order valence-corrected chi connectivity index (χ2v) is 6.20. The largest absolute Gasteiger partial charge is 0.468 e. The van der Waals surface area contributed by atoms with Gasteiger partial charge in [0, 0.05) is 19.3 Å². The SMILES string of the molecule is CCCC(C)COCCCC(C)(NC(C)C)C(=O)OC. The average Bonchev–Trinajstić information content (AvgIpc) is 2.36. The summed E-state index contributed by atoms with van der Waals surface area (Å²) >= 11 is 0. The van der Waals surface area contributed by atoms with Gasteiger partial charge >= 0.3 is 5.97 Å². The molecule has 1 N–H and O–H groups in total. The topological polar surface area (TPSA) is 47.6 Å². The number of methoxy groups -OCH3 is 1. The summed E-state index contributed by atoms with van der Waals surface area (Å²) in [5, 5.41) is 3.30. The van der Waals surface area contributed by atoms with Gasteiger partial charge in [-0.3, -0.25) is 10.1 Å². The van der Waals surface area contributed by atoms with E-state index in [4.69, 9.17) is 9.47 Å².